The average Bonchev–Trinajstić information content (AvgIpc) is 3.05. The number of hydrogen-bond acceptors (Lipinski definition) is 5. The van der Waals surface area contributed by atoms with Crippen LogP contribution in [0.25, 0.3) is 10.3 Å². The van der Waals surface area contributed by atoms with Crippen LogP contribution in [0.1, 0.15) is 25.3 Å². The molecule has 4 nitrogen and oxygen atoms in total. The van der Waals surface area contributed by atoms with E-state index in [4.69, 9.17) is 14.9 Å². The lowest BCUT2D eigenvalue weighted by molar-refractivity contribution is 0.399. The molecule has 1 aromatic heterocycles. The van der Waals surface area contributed by atoms with E-state index in [0.717, 1.165) is 40.2 Å². The van der Waals surface area contributed by atoms with Crippen LogP contribution in [0.2, 0.25) is 0 Å². The number of fused-ring (bicyclic) bond motifs is 1. The smallest absolute Gasteiger partial charge is 0.396 e. The lowest BCUT2D eigenvalue weighted by Gasteiger charge is -2.22. The lowest BCUT2D eigenvalue weighted by atomic mass is 9.88. The third-order valence-corrected chi connectivity index (χ3v) is 4.64. The fourth-order valence-electron chi connectivity index (χ4n) is 2.56. The predicted octanol–water partition coefficient (Wildman–Crippen LogP) is 2.24. The summed E-state index contributed by atoms with van der Waals surface area (Å²) in [5.74, 6) is 0.800. The van der Waals surface area contributed by atoms with Gasteiger partial charge in [-0.05, 0) is 25.8 Å². The second-order valence-corrected chi connectivity index (χ2v) is 5.88. The molecule has 1 atom stereocenters. The number of nitrogens with two attached hydrogens (primary N) is 1. The molecule has 0 radical (unpaired) electrons. The van der Waals surface area contributed by atoms with E-state index in [9.17, 15) is 4.79 Å². The Labute approximate surface area is 108 Å². The molecule has 96 valence electrons. The Bertz CT molecular complexity index is 652. The predicted molar refractivity (Wildman–Crippen MR) is 71.5 cm³/mol. The van der Waals surface area contributed by atoms with E-state index in [1.165, 1.54) is 0 Å². The van der Waals surface area contributed by atoms with E-state index in [1.54, 1.807) is 7.11 Å². The summed E-state index contributed by atoms with van der Waals surface area (Å²) in [4.78, 5) is 11.0. The van der Waals surface area contributed by atoms with Gasteiger partial charge in [-0.2, -0.15) is 0 Å². The SMILES string of the molecule is COc1cc2sc(=O)oc2cc1C1(C(C)N)CC1. The second-order valence-electron chi connectivity index (χ2n) is 4.90. The van der Waals surface area contributed by atoms with Gasteiger partial charge in [-0.15, -0.1) is 0 Å². The molecule has 0 saturated heterocycles. The highest BCUT2D eigenvalue weighted by atomic mass is 32.1. The van der Waals surface area contributed by atoms with Gasteiger partial charge >= 0.3 is 4.94 Å². The van der Waals surface area contributed by atoms with Crippen molar-refractivity contribution in [3.8, 4) is 5.75 Å². The van der Waals surface area contributed by atoms with Crippen LogP contribution >= 0.6 is 11.3 Å². The molecule has 0 spiro atoms. The van der Waals surface area contributed by atoms with Crippen molar-refractivity contribution in [1.82, 2.24) is 0 Å². The minimum atomic E-state index is -0.283. The molecular weight excluding hydrogens is 250 g/mol. The summed E-state index contributed by atoms with van der Waals surface area (Å²) in [7, 11) is 1.64. The summed E-state index contributed by atoms with van der Waals surface area (Å²) in [5, 5.41) is 0. The van der Waals surface area contributed by atoms with Crippen LogP contribution in [-0.4, -0.2) is 13.2 Å². The van der Waals surface area contributed by atoms with Gasteiger partial charge in [-0.3, -0.25) is 0 Å². The highest BCUT2D eigenvalue weighted by Crippen LogP contribution is 2.53. The summed E-state index contributed by atoms with van der Waals surface area (Å²) < 4.78 is 11.4. The molecule has 1 saturated carbocycles. The fourth-order valence-corrected chi connectivity index (χ4v) is 3.24. The Morgan fingerprint density at radius 2 is 2.22 bits per heavy atom. The van der Waals surface area contributed by atoms with Crippen molar-refractivity contribution < 1.29 is 9.15 Å². The summed E-state index contributed by atoms with van der Waals surface area (Å²) in [6, 6.07) is 3.86. The zero-order valence-corrected chi connectivity index (χ0v) is 11.2. The third kappa shape index (κ3) is 1.58. The zero-order chi connectivity index (χ0) is 12.9. The van der Waals surface area contributed by atoms with Crippen LogP contribution in [0.3, 0.4) is 0 Å². The Hall–Kier alpha value is -1.33. The molecule has 1 heterocycles. The molecule has 0 bridgehead atoms. The van der Waals surface area contributed by atoms with E-state index >= 15 is 0 Å². The number of ether oxygens (including phenoxy) is 1. The van der Waals surface area contributed by atoms with E-state index < -0.39 is 0 Å². The minimum absolute atomic E-state index is 0.0139. The molecule has 5 heteroatoms. The van der Waals surface area contributed by atoms with Crippen LogP contribution in [-0.2, 0) is 5.41 Å². The largest absolute Gasteiger partial charge is 0.496 e. The maximum Gasteiger partial charge on any atom is 0.396 e. The molecule has 2 N–H and O–H groups in total. The Morgan fingerprint density at radius 3 is 2.78 bits per heavy atom. The van der Waals surface area contributed by atoms with Crippen LogP contribution in [0.4, 0.5) is 0 Å². The Kier molecular flexibility index (Phi) is 2.50. The standard InChI is InChI=1S/C13H15NO3S/c1-7(14)13(3-4-13)8-5-10-11(6-9(8)16-2)18-12(15)17-10/h5-7H,3-4,14H2,1-2H3. The van der Waals surface area contributed by atoms with E-state index in [0.29, 0.717) is 5.58 Å². The molecule has 0 amide bonds. The van der Waals surface area contributed by atoms with Gasteiger partial charge in [0.05, 0.1) is 11.8 Å². The lowest BCUT2D eigenvalue weighted by Crippen LogP contribution is -2.31. The van der Waals surface area contributed by atoms with Crippen LogP contribution < -0.4 is 15.4 Å². The summed E-state index contributed by atoms with van der Waals surface area (Å²) in [5.41, 5.74) is 7.77. The van der Waals surface area contributed by atoms with Gasteiger partial charge < -0.3 is 14.9 Å². The van der Waals surface area contributed by atoms with Gasteiger partial charge in [0.15, 0.2) is 0 Å². The molecule has 1 aliphatic carbocycles. The van der Waals surface area contributed by atoms with Gasteiger partial charge in [0.1, 0.15) is 11.3 Å². The summed E-state index contributed by atoms with van der Waals surface area (Å²) >= 11 is 1.10. The van der Waals surface area contributed by atoms with Gasteiger partial charge in [0.25, 0.3) is 0 Å². The Balaban J connectivity index is 2.24. The maximum atomic E-state index is 11.3. The van der Waals surface area contributed by atoms with Gasteiger partial charge in [-0.25, -0.2) is 4.79 Å². The van der Waals surface area contributed by atoms with Crippen molar-refractivity contribution in [1.29, 1.82) is 0 Å². The summed E-state index contributed by atoms with van der Waals surface area (Å²) in [6.07, 6.45) is 2.11. The van der Waals surface area contributed by atoms with Gasteiger partial charge in [0.2, 0.25) is 0 Å². The quantitative estimate of drug-likeness (QED) is 0.924. The zero-order valence-electron chi connectivity index (χ0n) is 10.4. The molecule has 1 fully saturated rings. The summed E-state index contributed by atoms with van der Waals surface area (Å²) in [6.45, 7) is 2.01. The second kappa shape index (κ2) is 3.83. The number of benzene rings is 1. The van der Waals surface area contributed by atoms with Crippen molar-refractivity contribution in [2.24, 2.45) is 5.73 Å². The van der Waals surface area contributed by atoms with E-state index in [-0.39, 0.29) is 16.4 Å². The monoisotopic (exact) mass is 265 g/mol. The van der Waals surface area contributed by atoms with Crippen molar-refractivity contribution in [2.75, 3.05) is 7.11 Å². The number of rotatable bonds is 3. The van der Waals surface area contributed by atoms with Gasteiger partial charge in [-0.1, -0.05) is 11.3 Å². The molecule has 3 rings (SSSR count). The normalized spacial score (nSPS) is 18.8. The topological polar surface area (TPSA) is 65.5 Å². The van der Waals surface area contributed by atoms with Crippen molar-refractivity contribution in [3.63, 3.8) is 0 Å². The number of methoxy groups -OCH3 is 1. The molecule has 1 aliphatic rings. The van der Waals surface area contributed by atoms with Crippen LogP contribution in [0, 0.1) is 0 Å². The van der Waals surface area contributed by atoms with Crippen molar-refractivity contribution in [3.05, 3.63) is 27.4 Å². The molecule has 2 aromatic rings. The first-order chi connectivity index (χ1) is 8.56. The van der Waals surface area contributed by atoms with Crippen molar-refractivity contribution >= 4 is 21.6 Å². The van der Waals surface area contributed by atoms with E-state index in [2.05, 4.69) is 0 Å². The van der Waals surface area contributed by atoms with Crippen molar-refractivity contribution in [2.45, 2.75) is 31.2 Å². The third-order valence-electron chi connectivity index (χ3n) is 3.85. The molecule has 18 heavy (non-hydrogen) atoms. The number of hydrogen-bond donors (Lipinski definition) is 1. The Morgan fingerprint density at radius 1 is 1.50 bits per heavy atom. The van der Waals surface area contributed by atoms with Gasteiger partial charge in [0, 0.05) is 23.1 Å². The molecule has 0 aliphatic heterocycles. The average molecular weight is 265 g/mol. The first-order valence-electron chi connectivity index (χ1n) is 5.94. The van der Waals surface area contributed by atoms with Crippen LogP contribution in [0.5, 0.6) is 5.75 Å². The highest BCUT2D eigenvalue weighted by molar-refractivity contribution is 7.16. The fraction of sp³-hybridized carbons (Fsp3) is 0.462. The first kappa shape index (κ1) is 11.7. The highest BCUT2D eigenvalue weighted by Gasteiger charge is 2.49. The van der Waals surface area contributed by atoms with Crippen LogP contribution in [0.15, 0.2) is 21.3 Å². The maximum absolute atomic E-state index is 11.3. The van der Waals surface area contributed by atoms with E-state index in [1.807, 2.05) is 19.1 Å². The first-order valence-corrected chi connectivity index (χ1v) is 6.76. The molecular formula is C13H15NO3S. The molecule has 1 aromatic carbocycles. The minimum Gasteiger partial charge on any atom is -0.496 e. The molecule has 1 unspecified atom stereocenters.